The van der Waals surface area contributed by atoms with Gasteiger partial charge in [0.2, 0.25) is 0 Å². The molecule has 3 rings (SSSR count). The fourth-order valence-corrected chi connectivity index (χ4v) is 4.03. The minimum Gasteiger partial charge on any atom is -0.344 e. The Kier molecular flexibility index (Phi) is 7.96. The maximum Gasteiger partial charge on any atom is 0.0979 e. The summed E-state index contributed by atoms with van der Waals surface area (Å²) in [6.45, 7) is 12.5. The van der Waals surface area contributed by atoms with Crippen LogP contribution in [0.1, 0.15) is 25.0 Å². The van der Waals surface area contributed by atoms with Crippen LogP contribution in [-0.2, 0) is 6.54 Å². The SMILES string of the molecule is CC(=NC(C)CN1CCN(Cc2ccc(Cl)c(Cl)c2)CC1)Nc1ccccc1C. The van der Waals surface area contributed by atoms with E-state index in [1.165, 1.54) is 11.1 Å². The average Bonchev–Trinajstić information content (AvgIpc) is 2.68. The van der Waals surface area contributed by atoms with Crippen molar-refractivity contribution in [3.05, 3.63) is 63.6 Å². The highest BCUT2D eigenvalue weighted by atomic mass is 35.5. The highest BCUT2D eigenvalue weighted by Gasteiger charge is 2.18. The molecule has 0 spiro atoms. The summed E-state index contributed by atoms with van der Waals surface area (Å²) in [4.78, 5) is 9.80. The molecule has 1 aliphatic rings. The van der Waals surface area contributed by atoms with E-state index in [-0.39, 0.29) is 6.04 Å². The van der Waals surface area contributed by atoms with E-state index in [4.69, 9.17) is 28.2 Å². The first-order chi connectivity index (χ1) is 13.9. The summed E-state index contributed by atoms with van der Waals surface area (Å²) >= 11 is 12.1. The van der Waals surface area contributed by atoms with E-state index in [0.717, 1.165) is 50.8 Å². The summed E-state index contributed by atoms with van der Waals surface area (Å²) in [6.07, 6.45) is 0. The number of piperazine rings is 1. The van der Waals surface area contributed by atoms with E-state index < -0.39 is 0 Å². The molecule has 29 heavy (non-hydrogen) atoms. The van der Waals surface area contributed by atoms with Crippen molar-refractivity contribution in [1.82, 2.24) is 9.80 Å². The molecular weight excluding hydrogens is 403 g/mol. The van der Waals surface area contributed by atoms with Gasteiger partial charge in [-0.3, -0.25) is 14.8 Å². The third-order valence-electron chi connectivity index (χ3n) is 5.25. The zero-order chi connectivity index (χ0) is 20.8. The minimum atomic E-state index is 0.258. The molecule has 2 aromatic carbocycles. The van der Waals surface area contributed by atoms with Crippen LogP contribution in [0.2, 0.25) is 10.0 Å². The summed E-state index contributed by atoms with van der Waals surface area (Å²) in [6, 6.07) is 14.5. The van der Waals surface area contributed by atoms with Crippen LogP contribution in [0.5, 0.6) is 0 Å². The molecule has 156 valence electrons. The second kappa shape index (κ2) is 10.4. The van der Waals surface area contributed by atoms with Gasteiger partial charge in [0, 0.05) is 45.0 Å². The number of aryl methyl sites for hydroxylation is 1. The van der Waals surface area contributed by atoms with Gasteiger partial charge in [-0.25, -0.2) is 0 Å². The first kappa shape index (κ1) is 22.1. The predicted molar refractivity (Wildman–Crippen MR) is 126 cm³/mol. The van der Waals surface area contributed by atoms with Gasteiger partial charge in [-0.05, 0) is 50.1 Å². The van der Waals surface area contributed by atoms with E-state index in [1.807, 2.05) is 25.1 Å². The van der Waals surface area contributed by atoms with Crippen molar-refractivity contribution in [2.24, 2.45) is 4.99 Å². The third kappa shape index (κ3) is 6.71. The second-order valence-electron chi connectivity index (χ2n) is 7.83. The Morgan fingerprint density at radius 3 is 2.41 bits per heavy atom. The van der Waals surface area contributed by atoms with Crippen LogP contribution in [0.15, 0.2) is 47.5 Å². The molecule has 0 aromatic heterocycles. The number of nitrogens with one attached hydrogen (secondary N) is 1. The van der Waals surface area contributed by atoms with E-state index in [1.54, 1.807) is 0 Å². The zero-order valence-corrected chi connectivity index (χ0v) is 19.0. The standard InChI is InChI=1S/C23H30Cl2N4/c1-17-6-4-5-7-23(17)27-19(3)26-18(2)15-28-10-12-29(13-11-28)16-20-8-9-21(24)22(25)14-20/h4-9,14,18H,10-13,15-16H2,1-3H3,(H,26,27). The molecule has 1 N–H and O–H groups in total. The van der Waals surface area contributed by atoms with Gasteiger partial charge in [0.1, 0.15) is 0 Å². The number of halogens is 2. The Labute approximate surface area is 184 Å². The number of aliphatic imine (C=N–C) groups is 1. The number of amidine groups is 1. The molecule has 4 nitrogen and oxygen atoms in total. The molecule has 0 radical (unpaired) electrons. The van der Waals surface area contributed by atoms with E-state index >= 15 is 0 Å². The number of anilines is 1. The van der Waals surface area contributed by atoms with E-state index in [2.05, 4.69) is 53.2 Å². The largest absolute Gasteiger partial charge is 0.344 e. The Morgan fingerprint density at radius 2 is 1.72 bits per heavy atom. The second-order valence-corrected chi connectivity index (χ2v) is 8.64. The number of para-hydroxylation sites is 1. The van der Waals surface area contributed by atoms with Gasteiger partial charge in [0.25, 0.3) is 0 Å². The van der Waals surface area contributed by atoms with Gasteiger partial charge >= 0.3 is 0 Å². The molecule has 6 heteroatoms. The van der Waals surface area contributed by atoms with E-state index in [0.29, 0.717) is 10.0 Å². The van der Waals surface area contributed by atoms with Gasteiger partial charge < -0.3 is 5.32 Å². The smallest absolute Gasteiger partial charge is 0.0979 e. The molecule has 1 aliphatic heterocycles. The fourth-order valence-electron chi connectivity index (χ4n) is 3.71. The normalized spacial score (nSPS) is 17.3. The molecule has 2 aromatic rings. The number of hydrogen-bond acceptors (Lipinski definition) is 3. The van der Waals surface area contributed by atoms with Gasteiger partial charge in [-0.15, -0.1) is 0 Å². The number of nitrogens with zero attached hydrogens (tertiary/aromatic N) is 3. The van der Waals surface area contributed by atoms with Crippen molar-refractivity contribution in [3.8, 4) is 0 Å². The Morgan fingerprint density at radius 1 is 1.03 bits per heavy atom. The van der Waals surface area contributed by atoms with Crippen LogP contribution in [-0.4, -0.2) is 54.4 Å². The highest BCUT2D eigenvalue weighted by molar-refractivity contribution is 6.42. The Bertz CT molecular complexity index is 845. The van der Waals surface area contributed by atoms with E-state index in [9.17, 15) is 0 Å². The number of hydrogen-bond donors (Lipinski definition) is 1. The lowest BCUT2D eigenvalue weighted by Crippen LogP contribution is -2.47. The Hall–Kier alpha value is -1.59. The zero-order valence-electron chi connectivity index (χ0n) is 17.5. The summed E-state index contributed by atoms with van der Waals surface area (Å²) in [5.41, 5.74) is 3.56. The van der Waals surface area contributed by atoms with Crippen LogP contribution < -0.4 is 5.32 Å². The van der Waals surface area contributed by atoms with Gasteiger partial charge in [0.05, 0.1) is 21.9 Å². The van der Waals surface area contributed by atoms with Crippen molar-refractivity contribution < 1.29 is 0 Å². The summed E-state index contributed by atoms with van der Waals surface area (Å²) in [5, 5.41) is 4.67. The lowest BCUT2D eigenvalue weighted by Gasteiger charge is -2.35. The quantitative estimate of drug-likeness (QED) is 0.493. The lowest BCUT2D eigenvalue weighted by molar-refractivity contribution is 0.123. The van der Waals surface area contributed by atoms with Crippen LogP contribution in [0.4, 0.5) is 5.69 Å². The topological polar surface area (TPSA) is 30.9 Å². The van der Waals surface area contributed by atoms with Crippen molar-refractivity contribution >= 4 is 34.7 Å². The molecule has 1 atom stereocenters. The van der Waals surface area contributed by atoms with Crippen LogP contribution in [0.25, 0.3) is 0 Å². The third-order valence-corrected chi connectivity index (χ3v) is 5.99. The number of benzene rings is 2. The first-order valence-corrected chi connectivity index (χ1v) is 10.9. The van der Waals surface area contributed by atoms with Gasteiger partial charge in [0.15, 0.2) is 0 Å². The van der Waals surface area contributed by atoms with Crippen molar-refractivity contribution in [2.75, 3.05) is 38.0 Å². The minimum absolute atomic E-state index is 0.258. The molecule has 0 bridgehead atoms. The van der Waals surface area contributed by atoms with Crippen LogP contribution >= 0.6 is 23.2 Å². The average molecular weight is 433 g/mol. The summed E-state index contributed by atoms with van der Waals surface area (Å²) in [5.74, 6) is 0.963. The molecule has 0 aliphatic carbocycles. The van der Waals surface area contributed by atoms with Crippen molar-refractivity contribution in [3.63, 3.8) is 0 Å². The molecule has 1 fully saturated rings. The molecule has 1 heterocycles. The summed E-state index contributed by atoms with van der Waals surface area (Å²) in [7, 11) is 0. The van der Waals surface area contributed by atoms with Crippen LogP contribution in [0, 0.1) is 6.92 Å². The maximum absolute atomic E-state index is 6.14. The van der Waals surface area contributed by atoms with Crippen LogP contribution in [0.3, 0.4) is 0 Å². The van der Waals surface area contributed by atoms with Crippen molar-refractivity contribution in [1.29, 1.82) is 0 Å². The predicted octanol–water partition coefficient (Wildman–Crippen LogP) is 5.34. The maximum atomic E-state index is 6.14. The highest BCUT2D eigenvalue weighted by Crippen LogP contribution is 2.23. The lowest BCUT2D eigenvalue weighted by atomic mass is 10.2. The first-order valence-electron chi connectivity index (χ1n) is 10.2. The monoisotopic (exact) mass is 432 g/mol. The summed E-state index contributed by atoms with van der Waals surface area (Å²) < 4.78 is 0. The molecule has 1 saturated heterocycles. The molecule has 0 amide bonds. The molecule has 0 saturated carbocycles. The number of rotatable bonds is 6. The fraction of sp³-hybridized carbons (Fsp3) is 0.435. The van der Waals surface area contributed by atoms with Gasteiger partial charge in [-0.1, -0.05) is 47.5 Å². The van der Waals surface area contributed by atoms with Gasteiger partial charge in [-0.2, -0.15) is 0 Å². The Balaban J connectivity index is 1.44. The molecule has 1 unspecified atom stereocenters. The molecular formula is C23H30Cl2N4. The van der Waals surface area contributed by atoms with Crippen molar-refractivity contribution in [2.45, 2.75) is 33.4 Å².